The maximum atomic E-state index is 12.8. The predicted octanol–water partition coefficient (Wildman–Crippen LogP) is 18.5. The van der Waals surface area contributed by atoms with Crippen LogP contribution >= 0.6 is 0 Å². The van der Waals surface area contributed by atoms with Crippen molar-refractivity contribution in [2.45, 2.75) is 258 Å². The van der Waals surface area contributed by atoms with Gasteiger partial charge in [-0.15, -0.1) is 0 Å². The molecule has 0 fully saturated rings. The van der Waals surface area contributed by atoms with Crippen LogP contribution in [0.4, 0.5) is 0 Å². The zero-order chi connectivity index (χ0) is 48.6. The minimum atomic E-state index is -0.819. The molecule has 0 unspecified atom stereocenters. The Bertz CT molecular complexity index is 1350. The predicted molar refractivity (Wildman–Crippen MR) is 288 cm³/mol. The molecule has 0 spiro atoms. The van der Waals surface area contributed by atoms with Gasteiger partial charge in [-0.1, -0.05) is 208 Å². The molecule has 0 bridgehead atoms. The van der Waals surface area contributed by atoms with Crippen LogP contribution in [-0.2, 0) is 28.6 Å². The van der Waals surface area contributed by atoms with Crippen molar-refractivity contribution in [3.8, 4) is 0 Å². The summed E-state index contributed by atoms with van der Waals surface area (Å²) in [7, 11) is 0. The lowest BCUT2D eigenvalue weighted by Crippen LogP contribution is -2.30. The highest BCUT2D eigenvalue weighted by atomic mass is 16.6. The van der Waals surface area contributed by atoms with E-state index in [1.165, 1.54) is 109 Å². The second-order valence-corrected chi connectivity index (χ2v) is 18.1. The second-order valence-electron chi connectivity index (χ2n) is 18.1. The van der Waals surface area contributed by atoms with Crippen LogP contribution in [0.25, 0.3) is 0 Å². The third kappa shape index (κ3) is 53.2. The zero-order valence-corrected chi connectivity index (χ0v) is 43.6. The lowest BCUT2D eigenvalue weighted by Gasteiger charge is -2.18. The highest BCUT2D eigenvalue weighted by molar-refractivity contribution is 5.71. The third-order valence-corrected chi connectivity index (χ3v) is 11.5. The zero-order valence-electron chi connectivity index (χ0n) is 43.6. The summed E-state index contributed by atoms with van der Waals surface area (Å²) in [6.45, 7) is 6.51. The molecular weight excluding hydrogens is 829 g/mol. The van der Waals surface area contributed by atoms with Crippen LogP contribution < -0.4 is 0 Å². The lowest BCUT2D eigenvalue weighted by atomic mass is 10.1. The van der Waals surface area contributed by atoms with Crippen molar-refractivity contribution >= 4 is 17.9 Å². The van der Waals surface area contributed by atoms with Crippen molar-refractivity contribution in [3.05, 3.63) is 97.2 Å². The average Bonchev–Trinajstić information content (AvgIpc) is 3.33. The molecule has 0 saturated heterocycles. The van der Waals surface area contributed by atoms with E-state index in [-0.39, 0.29) is 44.0 Å². The minimum absolute atomic E-state index is 0.111. The van der Waals surface area contributed by atoms with E-state index < -0.39 is 6.10 Å². The van der Waals surface area contributed by atoms with Gasteiger partial charge >= 0.3 is 17.9 Å². The lowest BCUT2D eigenvalue weighted by molar-refractivity contribution is -0.167. The van der Waals surface area contributed by atoms with Gasteiger partial charge in [-0.05, 0) is 122 Å². The summed E-state index contributed by atoms with van der Waals surface area (Å²) in [5.74, 6) is -1.01. The maximum absolute atomic E-state index is 12.8. The van der Waals surface area contributed by atoms with E-state index in [2.05, 4.69) is 118 Å². The fourth-order valence-corrected chi connectivity index (χ4v) is 7.32. The second kappa shape index (κ2) is 54.9. The van der Waals surface area contributed by atoms with Crippen LogP contribution in [0.15, 0.2) is 97.2 Å². The first-order valence-corrected chi connectivity index (χ1v) is 27.7. The Morgan fingerprint density at radius 3 is 0.970 bits per heavy atom. The number of hydrogen-bond donors (Lipinski definition) is 0. The first-order valence-electron chi connectivity index (χ1n) is 27.7. The SMILES string of the molecule is CCCCC/C=C\C/C=C\C/C=C\C/C=C\CCCCCC(=O)O[C@H](COC(=O)CCC/C=C\C/C=C\C/C=C\CCCCCCCC)COC(=O)CCCCCCC/C=C\CCCCCC. The Labute approximate surface area is 413 Å². The first-order chi connectivity index (χ1) is 33.0. The van der Waals surface area contributed by atoms with E-state index in [0.717, 1.165) is 89.9 Å². The van der Waals surface area contributed by atoms with Crippen LogP contribution in [0, 0.1) is 0 Å². The van der Waals surface area contributed by atoms with Crippen molar-refractivity contribution in [1.82, 2.24) is 0 Å². The van der Waals surface area contributed by atoms with Gasteiger partial charge in [0.15, 0.2) is 6.10 Å². The summed E-state index contributed by atoms with van der Waals surface area (Å²) < 4.78 is 16.8. The Morgan fingerprint density at radius 1 is 0.299 bits per heavy atom. The molecule has 0 rings (SSSR count). The number of carbonyl (C=O) groups excluding carboxylic acids is 3. The van der Waals surface area contributed by atoms with Gasteiger partial charge in [0.1, 0.15) is 13.2 Å². The van der Waals surface area contributed by atoms with Gasteiger partial charge in [0.25, 0.3) is 0 Å². The number of carbonyl (C=O) groups is 3. The molecule has 6 heteroatoms. The third-order valence-electron chi connectivity index (χ3n) is 11.5. The van der Waals surface area contributed by atoms with Gasteiger partial charge in [-0.2, -0.15) is 0 Å². The molecule has 0 aromatic carbocycles. The van der Waals surface area contributed by atoms with Gasteiger partial charge < -0.3 is 14.2 Å². The first kappa shape index (κ1) is 63.3. The van der Waals surface area contributed by atoms with E-state index in [1.807, 2.05) is 0 Å². The standard InChI is InChI=1S/C61H102O6/c1-4-7-10-13-16-19-22-25-27-29-30-32-34-37-40-43-46-49-52-55-61(64)67-58(56-65-59(62)53-50-47-44-41-38-35-24-21-18-15-12-9-6-3)57-66-60(63)54-51-48-45-42-39-36-33-31-28-26-23-20-17-14-11-8-5-2/h16,19,21,24-28,30,32-33,36-37,40,42,45,58H,4-15,17-18,20,22-23,29,31,34-35,38-39,41,43-44,46-57H2,1-3H3/b19-16-,24-21-,27-25-,28-26-,32-30-,36-33-,40-37-,45-42-/t58-/m0/s1. The van der Waals surface area contributed by atoms with E-state index >= 15 is 0 Å². The quantitative estimate of drug-likeness (QED) is 0.0262. The molecule has 0 heterocycles. The molecule has 0 saturated carbocycles. The Balaban J connectivity index is 4.54. The largest absolute Gasteiger partial charge is 0.462 e. The van der Waals surface area contributed by atoms with Crippen molar-refractivity contribution in [2.24, 2.45) is 0 Å². The van der Waals surface area contributed by atoms with Crippen LogP contribution in [0.1, 0.15) is 252 Å². The monoisotopic (exact) mass is 931 g/mol. The van der Waals surface area contributed by atoms with Crippen molar-refractivity contribution in [1.29, 1.82) is 0 Å². The number of esters is 3. The Hall–Kier alpha value is -3.67. The van der Waals surface area contributed by atoms with E-state index in [4.69, 9.17) is 14.2 Å². The summed E-state index contributed by atoms with van der Waals surface area (Å²) in [6, 6.07) is 0. The summed E-state index contributed by atoms with van der Waals surface area (Å²) >= 11 is 0. The maximum Gasteiger partial charge on any atom is 0.306 e. The van der Waals surface area contributed by atoms with Crippen LogP contribution in [0.3, 0.4) is 0 Å². The number of unbranched alkanes of at least 4 members (excludes halogenated alkanes) is 22. The number of ether oxygens (including phenoxy) is 3. The highest BCUT2D eigenvalue weighted by Crippen LogP contribution is 2.13. The topological polar surface area (TPSA) is 78.9 Å². The molecule has 0 radical (unpaired) electrons. The summed E-state index contributed by atoms with van der Waals surface area (Å²) in [6.07, 6.45) is 72.5. The van der Waals surface area contributed by atoms with Crippen molar-refractivity contribution in [3.63, 3.8) is 0 Å². The molecule has 0 N–H and O–H groups in total. The number of hydrogen-bond acceptors (Lipinski definition) is 6. The van der Waals surface area contributed by atoms with Gasteiger partial charge in [-0.3, -0.25) is 14.4 Å². The molecule has 67 heavy (non-hydrogen) atoms. The van der Waals surface area contributed by atoms with Gasteiger partial charge in [0.05, 0.1) is 0 Å². The average molecular weight is 931 g/mol. The van der Waals surface area contributed by atoms with Crippen LogP contribution in [0.2, 0.25) is 0 Å². The molecular formula is C61H102O6. The molecule has 1 atom stereocenters. The van der Waals surface area contributed by atoms with Crippen LogP contribution in [0.5, 0.6) is 0 Å². The van der Waals surface area contributed by atoms with Crippen LogP contribution in [-0.4, -0.2) is 37.2 Å². The molecule has 0 aromatic heterocycles. The molecule has 0 aliphatic heterocycles. The van der Waals surface area contributed by atoms with Crippen molar-refractivity contribution < 1.29 is 28.6 Å². The Kier molecular flexibility index (Phi) is 51.9. The van der Waals surface area contributed by atoms with Gasteiger partial charge in [0.2, 0.25) is 0 Å². The fourth-order valence-electron chi connectivity index (χ4n) is 7.32. The molecule has 6 nitrogen and oxygen atoms in total. The minimum Gasteiger partial charge on any atom is -0.462 e. The summed E-state index contributed by atoms with van der Waals surface area (Å²) in [5, 5.41) is 0. The van der Waals surface area contributed by atoms with E-state index in [1.54, 1.807) is 0 Å². The number of allylic oxidation sites excluding steroid dienone is 16. The van der Waals surface area contributed by atoms with E-state index in [0.29, 0.717) is 19.3 Å². The molecule has 0 aromatic rings. The number of rotatable bonds is 49. The normalized spacial score (nSPS) is 12.8. The van der Waals surface area contributed by atoms with E-state index in [9.17, 15) is 14.4 Å². The van der Waals surface area contributed by atoms with Crippen molar-refractivity contribution in [2.75, 3.05) is 13.2 Å². The smallest absolute Gasteiger partial charge is 0.306 e. The Morgan fingerprint density at radius 2 is 0.552 bits per heavy atom. The summed E-state index contributed by atoms with van der Waals surface area (Å²) in [5.41, 5.74) is 0. The highest BCUT2D eigenvalue weighted by Gasteiger charge is 2.19. The molecule has 0 amide bonds. The molecule has 0 aliphatic carbocycles. The van der Waals surface area contributed by atoms with Gasteiger partial charge in [-0.25, -0.2) is 0 Å². The molecule has 382 valence electrons. The van der Waals surface area contributed by atoms with Gasteiger partial charge in [0, 0.05) is 19.3 Å². The fraction of sp³-hybridized carbons (Fsp3) is 0.689. The molecule has 0 aliphatic rings. The summed E-state index contributed by atoms with van der Waals surface area (Å²) in [4.78, 5) is 38.0.